The molecule has 27 heavy (non-hydrogen) atoms. The van der Waals surface area contributed by atoms with Gasteiger partial charge in [-0.3, -0.25) is 0 Å². The number of allylic oxidation sites excluding steroid dienone is 1. The molecule has 0 saturated heterocycles. The number of aromatic hydroxyl groups is 1. The second kappa shape index (κ2) is 9.70. The third-order valence-electron chi connectivity index (χ3n) is 4.04. The Labute approximate surface area is 157 Å². The van der Waals surface area contributed by atoms with E-state index in [-0.39, 0.29) is 11.5 Å². The molecule has 2 rings (SSSR count). The van der Waals surface area contributed by atoms with Crippen LogP contribution < -0.4 is 14.2 Å². The molecule has 0 aliphatic heterocycles. The lowest BCUT2D eigenvalue weighted by Gasteiger charge is -2.24. The van der Waals surface area contributed by atoms with Gasteiger partial charge in [-0.05, 0) is 47.9 Å². The van der Waals surface area contributed by atoms with Gasteiger partial charge in [-0.1, -0.05) is 12.1 Å². The van der Waals surface area contributed by atoms with E-state index in [1.165, 1.54) is 32.4 Å². The summed E-state index contributed by atoms with van der Waals surface area (Å²) in [6.45, 7) is -0.442. The maximum absolute atomic E-state index is 10.6. The van der Waals surface area contributed by atoms with Crippen LogP contribution in [0, 0.1) is 0 Å². The zero-order valence-corrected chi connectivity index (χ0v) is 15.2. The second-order valence-electron chi connectivity index (χ2n) is 5.79. The minimum absolute atomic E-state index is 0.0518. The van der Waals surface area contributed by atoms with Crippen molar-refractivity contribution in [3.63, 3.8) is 0 Å². The molecule has 2 aromatic carbocycles. The molecule has 0 fully saturated rings. The largest absolute Gasteiger partial charge is 0.516 e. The summed E-state index contributed by atoms with van der Waals surface area (Å²) in [6, 6.07) is 9.62. The summed E-state index contributed by atoms with van der Waals surface area (Å²) in [7, 11) is 2.90. The van der Waals surface area contributed by atoms with Crippen molar-refractivity contribution >= 4 is 0 Å². The maximum Gasteiger partial charge on any atom is 0.161 e. The molecule has 0 bridgehead atoms. The van der Waals surface area contributed by atoms with Gasteiger partial charge in [0.2, 0.25) is 0 Å². The molecule has 4 N–H and O–H groups in total. The van der Waals surface area contributed by atoms with E-state index in [9.17, 15) is 15.3 Å². The van der Waals surface area contributed by atoms with Crippen molar-refractivity contribution in [2.24, 2.45) is 0 Å². The number of hydrogen-bond acceptors (Lipinski definition) is 7. The van der Waals surface area contributed by atoms with Crippen molar-refractivity contribution in [1.29, 1.82) is 0 Å². The highest BCUT2D eigenvalue weighted by Gasteiger charge is 2.24. The van der Waals surface area contributed by atoms with E-state index in [1.54, 1.807) is 24.3 Å². The lowest BCUT2D eigenvalue weighted by Crippen LogP contribution is -2.29. The highest BCUT2D eigenvalue weighted by molar-refractivity contribution is 5.45. The van der Waals surface area contributed by atoms with E-state index >= 15 is 0 Å². The first-order chi connectivity index (χ1) is 13.0. The minimum Gasteiger partial charge on any atom is -0.516 e. The fraction of sp³-hybridized carbons (Fsp3) is 0.300. The summed E-state index contributed by atoms with van der Waals surface area (Å²) in [5.41, 5.74) is 1.32. The molecule has 0 amide bonds. The Bertz CT molecular complexity index is 773. The van der Waals surface area contributed by atoms with Crippen LogP contribution in [0.4, 0.5) is 0 Å². The Balaban J connectivity index is 2.22. The van der Waals surface area contributed by atoms with Gasteiger partial charge in [0.15, 0.2) is 29.1 Å². The van der Waals surface area contributed by atoms with Crippen molar-refractivity contribution in [2.45, 2.75) is 18.6 Å². The van der Waals surface area contributed by atoms with Crippen LogP contribution in [-0.4, -0.2) is 47.4 Å². The summed E-state index contributed by atoms with van der Waals surface area (Å²) in [6.07, 6.45) is 0.962. The number of methoxy groups -OCH3 is 2. The van der Waals surface area contributed by atoms with E-state index < -0.39 is 18.8 Å². The van der Waals surface area contributed by atoms with Crippen molar-refractivity contribution in [3.8, 4) is 23.0 Å². The lowest BCUT2D eigenvalue weighted by atomic mass is 10.0. The van der Waals surface area contributed by atoms with E-state index in [0.717, 1.165) is 11.8 Å². The Morgan fingerprint density at radius 2 is 1.74 bits per heavy atom. The Kier molecular flexibility index (Phi) is 7.34. The van der Waals surface area contributed by atoms with Gasteiger partial charge in [0, 0.05) is 0 Å². The van der Waals surface area contributed by atoms with E-state index in [1.807, 2.05) is 0 Å². The average molecular weight is 376 g/mol. The molecule has 0 aliphatic rings. The van der Waals surface area contributed by atoms with Gasteiger partial charge < -0.3 is 34.6 Å². The van der Waals surface area contributed by atoms with Crippen molar-refractivity contribution < 1.29 is 34.6 Å². The zero-order valence-electron chi connectivity index (χ0n) is 15.2. The summed E-state index contributed by atoms with van der Waals surface area (Å²) in [5, 5.41) is 38.7. The van der Waals surface area contributed by atoms with E-state index in [4.69, 9.17) is 19.3 Å². The highest BCUT2D eigenvalue weighted by Crippen LogP contribution is 2.34. The zero-order chi connectivity index (χ0) is 19.8. The average Bonchev–Trinajstić information content (AvgIpc) is 2.70. The number of phenolic OH excluding ortho intramolecular Hbond substituents is 1. The molecule has 0 heterocycles. The van der Waals surface area contributed by atoms with Crippen LogP contribution in [0.2, 0.25) is 0 Å². The highest BCUT2D eigenvalue weighted by atomic mass is 16.5. The van der Waals surface area contributed by atoms with E-state index in [2.05, 4.69) is 0 Å². The van der Waals surface area contributed by atoms with Crippen LogP contribution in [0.1, 0.15) is 17.2 Å². The quantitative estimate of drug-likeness (QED) is 0.498. The number of rotatable bonds is 9. The first kappa shape index (κ1) is 20.4. The monoisotopic (exact) mass is 376 g/mol. The first-order valence-corrected chi connectivity index (χ1v) is 8.32. The van der Waals surface area contributed by atoms with Gasteiger partial charge in [-0.2, -0.15) is 0 Å². The Morgan fingerprint density at radius 3 is 2.37 bits per heavy atom. The van der Waals surface area contributed by atoms with Gasteiger partial charge >= 0.3 is 0 Å². The van der Waals surface area contributed by atoms with Gasteiger partial charge in [-0.15, -0.1) is 0 Å². The summed E-state index contributed by atoms with van der Waals surface area (Å²) >= 11 is 0. The van der Waals surface area contributed by atoms with Crippen molar-refractivity contribution in [1.82, 2.24) is 0 Å². The predicted molar refractivity (Wildman–Crippen MR) is 99.6 cm³/mol. The molecular formula is C20H24O7. The van der Waals surface area contributed by atoms with Crippen LogP contribution in [0.15, 0.2) is 48.7 Å². The summed E-state index contributed by atoms with van der Waals surface area (Å²) < 4.78 is 16.1. The molecule has 0 aliphatic carbocycles. The standard InChI is InChI=1S/C20H24O7/c1-25-17-11-14(6-7-15(17)23)20(24)19(12-22)27-16-8-5-13(4-3-9-21)10-18(16)26-2/h3,5-11,19-24H,4,12H2,1-2H3/b9-3-/t19-,20-/m0/s1. The number of aliphatic hydroxyl groups is 3. The normalized spacial score (nSPS) is 13.3. The number of phenols is 1. The van der Waals surface area contributed by atoms with Gasteiger partial charge in [0.05, 0.1) is 27.1 Å². The van der Waals surface area contributed by atoms with Crippen molar-refractivity contribution in [3.05, 3.63) is 59.9 Å². The third-order valence-corrected chi connectivity index (χ3v) is 4.04. The topological polar surface area (TPSA) is 109 Å². The van der Waals surface area contributed by atoms with Crippen LogP contribution in [0.5, 0.6) is 23.0 Å². The molecule has 0 unspecified atom stereocenters. The Hall–Kier alpha value is -2.90. The number of aliphatic hydroxyl groups excluding tert-OH is 3. The molecule has 7 heteroatoms. The molecule has 2 aromatic rings. The first-order valence-electron chi connectivity index (χ1n) is 8.32. The molecule has 146 valence electrons. The molecule has 2 atom stereocenters. The molecule has 0 spiro atoms. The van der Waals surface area contributed by atoms with Crippen LogP contribution in [-0.2, 0) is 6.42 Å². The maximum atomic E-state index is 10.6. The Morgan fingerprint density at radius 1 is 1.00 bits per heavy atom. The second-order valence-corrected chi connectivity index (χ2v) is 5.79. The smallest absolute Gasteiger partial charge is 0.161 e. The van der Waals surface area contributed by atoms with Gasteiger partial charge in [0.25, 0.3) is 0 Å². The summed E-state index contributed by atoms with van der Waals surface area (Å²) in [4.78, 5) is 0. The van der Waals surface area contributed by atoms with Crippen LogP contribution >= 0.6 is 0 Å². The molecule has 0 radical (unpaired) electrons. The SMILES string of the molecule is COc1cc([C@H](O)[C@H](CO)Oc2ccc(C/C=C\O)cc2OC)ccc1O. The minimum atomic E-state index is -1.16. The molecule has 7 nitrogen and oxygen atoms in total. The van der Waals surface area contributed by atoms with Gasteiger partial charge in [-0.25, -0.2) is 0 Å². The van der Waals surface area contributed by atoms with E-state index in [0.29, 0.717) is 23.5 Å². The number of ether oxygens (including phenoxy) is 3. The predicted octanol–water partition coefficient (Wildman–Crippen LogP) is 2.50. The number of hydrogen-bond donors (Lipinski definition) is 4. The van der Waals surface area contributed by atoms with Gasteiger partial charge in [0.1, 0.15) is 6.10 Å². The third kappa shape index (κ3) is 5.06. The van der Waals surface area contributed by atoms with Crippen molar-refractivity contribution in [2.75, 3.05) is 20.8 Å². The lowest BCUT2D eigenvalue weighted by molar-refractivity contribution is -0.000522. The molecular weight excluding hydrogens is 352 g/mol. The molecule has 0 saturated carbocycles. The van der Waals surface area contributed by atoms with Crippen LogP contribution in [0.25, 0.3) is 0 Å². The summed E-state index contributed by atoms with van der Waals surface area (Å²) in [5.74, 6) is 0.956. The van der Waals surface area contributed by atoms with Crippen LogP contribution in [0.3, 0.4) is 0 Å². The molecule has 0 aromatic heterocycles. The fourth-order valence-electron chi connectivity index (χ4n) is 2.58. The number of benzene rings is 2. The fourth-order valence-corrected chi connectivity index (χ4v) is 2.58.